The quantitative estimate of drug-likeness (QED) is 0.246. The van der Waals surface area contributed by atoms with Crippen LogP contribution in [0.15, 0.2) is 65.9 Å². The molecule has 3 heterocycles. The highest BCUT2D eigenvalue weighted by Crippen LogP contribution is 2.47. The van der Waals surface area contributed by atoms with Crippen LogP contribution in [0.4, 0.5) is 9.80 Å². The molecule has 0 spiro atoms. The van der Waals surface area contributed by atoms with E-state index in [1.54, 1.807) is 17.8 Å². The molecular formula is C31H40FN5O3Si. The van der Waals surface area contributed by atoms with Crippen molar-refractivity contribution in [3.05, 3.63) is 77.6 Å². The number of rotatable bonds is 11. The van der Waals surface area contributed by atoms with E-state index in [1.165, 1.54) is 5.01 Å². The van der Waals surface area contributed by atoms with Crippen LogP contribution in [0.3, 0.4) is 0 Å². The molecule has 5 rings (SSSR count). The second-order valence-corrected chi connectivity index (χ2v) is 15.5. The molecule has 2 aliphatic rings. The minimum atomic E-state index is -2.96. The van der Waals surface area contributed by atoms with Gasteiger partial charge >= 0.3 is 0 Å². The molecule has 41 heavy (non-hydrogen) atoms. The number of ether oxygens (including phenoxy) is 1. The molecule has 1 N–H and O–H groups in total. The molecule has 3 aromatic rings. The fraction of sp³-hybridized carbons (Fsp3) is 0.484. The second kappa shape index (κ2) is 12.8. The van der Waals surface area contributed by atoms with Gasteiger partial charge in [0.25, 0.3) is 0 Å². The minimum Gasteiger partial charge on any atom is -0.396 e. The van der Waals surface area contributed by atoms with Gasteiger partial charge in [-0.3, -0.25) is 9.48 Å². The molecule has 2 aromatic carbocycles. The van der Waals surface area contributed by atoms with Crippen molar-refractivity contribution in [3.63, 3.8) is 0 Å². The van der Waals surface area contributed by atoms with Crippen molar-refractivity contribution in [1.82, 2.24) is 15.0 Å². The lowest BCUT2D eigenvalue weighted by Crippen LogP contribution is -2.36. The van der Waals surface area contributed by atoms with Crippen LogP contribution in [-0.2, 0) is 28.9 Å². The van der Waals surface area contributed by atoms with Gasteiger partial charge in [-0.05, 0) is 61.5 Å². The van der Waals surface area contributed by atoms with E-state index in [9.17, 15) is 4.79 Å². The van der Waals surface area contributed by atoms with Crippen LogP contribution < -0.4 is 5.01 Å². The SMILES string of the molecule is C[C@@H]1[C@@H]([Si](C)(C)F)[C@H](CCn2cc(CCO)nn2)O[C@@H]1CCc1ccc(N2N=C(c3ccccc3)CCC2=O)cc1. The van der Waals surface area contributed by atoms with Crippen LogP contribution in [0.25, 0.3) is 0 Å². The number of benzene rings is 2. The van der Waals surface area contributed by atoms with Gasteiger partial charge in [-0.25, -0.2) is 5.01 Å². The molecule has 0 bridgehead atoms. The molecule has 218 valence electrons. The summed E-state index contributed by atoms with van der Waals surface area (Å²) in [5, 5.41) is 23.5. The average Bonchev–Trinajstić information content (AvgIpc) is 3.55. The van der Waals surface area contributed by atoms with E-state index < -0.39 is 8.41 Å². The standard InChI is InChI=1S/C31H40FN5O3Si/c1-22-28(40-29(31(22)41(2,3)32)17-19-36-21-25(18-20-38)33-35-36)15-11-23-9-12-26(13-10-23)37-30(39)16-14-27(34-37)24-7-5-4-6-8-24/h4-10,12-13,21-22,28-29,31,38H,11,14-20H2,1-3H3/t22-,28+,29-,31+/m0/s1. The number of hydrogen-bond donors (Lipinski definition) is 1. The fourth-order valence-electron chi connectivity index (χ4n) is 6.29. The van der Waals surface area contributed by atoms with Gasteiger partial charge < -0.3 is 14.0 Å². The van der Waals surface area contributed by atoms with E-state index in [-0.39, 0.29) is 36.2 Å². The van der Waals surface area contributed by atoms with Crippen LogP contribution >= 0.6 is 0 Å². The molecule has 2 aliphatic heterocycles. The third-order valence-electron chi connectivity index (χ3n) is 8.33. The van der Waals surface area contributed by atoms with Gasteiger partial charge in [-0.2, -0.15) is 5.10 Å². The van der Waals surface area contributed by atoms with Crippen molar-refractivity contribution in [2.75, 3.05) is 11.6 Å². The zero-order valence-electron chi connectivity index (χ0n) is 24.1. The number of halogens is 1. The summed E-state index contributed by atoms with van der Waals surface area (Å²) in [6.45, 7) is 6.35. The topological polar surface area (TPSA) is 92.8 Å². The summed E-state index contributed by atoms with van der Waals surface area (Å²) in [6, 6.07) is 18.0. The number of aliphatic hydroxyl groups excluding tert-OH is 1. The summed E-state index contributed by atoms with van der Waals surface area (Å²) < 4.78 is 23.8. The number of aromatic nitrogens is 3. The first-order valence-corrected chi connectivity index (χ1v) is 17.6. The predicted molar refractivity (Wildman–Crippen MR) is 160 cm³/mol. The summed E-state index contributed by atoms with van der Waals surface area (Å²) in [4.78, 5) is 12.7. The Hall–Kier alpha value is -3.21. The first-order chi connectivity index (χ1) is 19.7. The van der Waals surface area contributed by atoms with E-state index in [0.29, 0.717) is 32.2 Å². The molecule has 0 unspecified atom stereocenters. The number of nitrogens with zero attached hydrogens (tertiary/aromatic N) is 5. The number of carbonyl (C=O) groups is 1. The molecule has 8 nitrogen and oxygen atoms in total. The molecule has 0 saturated carbocycles. The van der Waals surface area contributed by atoms with Gasteiger partial charge in [-0.1, -0.05) is 54.6 Å². The highest BCUT2D eigenvalue weighted by molar-refractivity contribution is 6.72. The first kappa shape index (κ1) is 29.3. The maximum Gasteiger partial charge on any atom is 0.247 e. The Balaban J connectivity index is 1.21. The molecule has 1 fully saturated rings. The number of aliphatic hydroxyl groups is 1. The van der Waals surface area contributed by atoms with E-state index in [0.717, 1.165) is 41.1 Å². The molecule has 1 amide bonds. The van der Waals surface area contributed by atoms with Crippen LogP contribution in [0.1, 0.15) is 49.4 Å². The van der Waals surface area contributed by atoms with Crippen LogP contribution in [-0.4, -0.2) is 58.9 Å². The Morgan fingerprint density at radius 2 is 1.78 bits per heavy atom. The van der Waals surface area contributed by atoms with Crippen molar-refractivity contribution in [1.29, 1.82) is 0 Å². The van der Waals surface area contributed by atoms with Gasteiger partial charge in [0, 0.05) is 44.2 Å². The summed E-state index contributed by atoms with van der Waals surface area (Å²) in [7, 11) is -2.96. The molecule has 0 radical (unpaired) electrons. The number of hydrogen-bond acceptors (Lipinski definition) is 6. The van der Waals surface area contributed by atoms with Crippen molar-refractivity contribution in [2.45, 2.75) is 82.8 Å². The summed E-state index contributed by atoms with van der Waals surface area (Å²) >= 11 is 0. The summed E-state index contributed by atoms with van der Waals surface area (Å²) in [5.74, 6) is 0.125. The van der Waals surface area contributed by atoms with E-state index >= 15 is 4.11 Å². The first-order valence-electron chi connectivity index (χ1n) is 14.6. The molecule has 1 aromatic heterocycles. The van der Waals surface area contributed by atoms with E-state index in [1.807, 2.05) is 60.8 Å². The maximum atomic E-state index is 15.5. The maximum absolute atomic E-state index is 15.5. The molecular weight excluding hydrogens is 537 g/mol. The Bertz CT molecular complexity index is 1340. The predicted octanol–water partition coefficient (Wildman–Crippen LogP) is 5.32. The number of aryl methyl sites for hydroxylation is 2. The summed E-state index contributed by atoms with van der Waals surface area (Å²) in [6.07, 6.45) is 5.51. The third-order valence-corrected chi connectivity index (χ3v) is 10.8. The monoisotopic (exact) mass is 577 g/mol. The van der Waals surface area contributed by atoms with Crippen LogP contribution in [0, 0.1) is 5.92 Å². The van der Waals surface area contributed by atoms with Crippen molar-refractivity contribution in [2.24, 2.45) is 11.0 Å². The van der Waals surface area contributed by atoms with Gasteiger partial charge in [0.15, 0.2) is 0 Å². The van der Waals surface area contributed by atoms with Gasteiger partial charge in [0.2, 0.25) is 14.3 Å². The molecule has 1 saturated heterocycles. The third kappa shape index (κ3) is 6.99. The zero-order chi connectivity index (χ0) is 29.0. The van der Waals surface area contributed by atoms with E-state index in [2.05, 4.69) is 22.3 Å². The number of amides is 1. The Labute approximate surface area is 242 Å². The molecule has 10 heteroatoms. The largest absolute Gasteiger partial charge is 0.396 e. The normalized spacial score (nSPS) is 23.2. The summed E-state index contributed by atoms with van der Waals surface area (Å²) in [5.41, 5.74) is 4.53. The lowest BCUT2D eigenvalue weighted by Gasteiger charge is -2.28. The minimum absolute atomic E-state index is 0.00351. The van der Waals surface area contributed by atoms with Crippen molar-refractivity contribution in [3.8, 4) is 0 Å². The fourth-order valence-corrected chi connectivity index (χ4v) is 8.88. The van der Waals surface area contributed by atoms with Crippen molar-refractivity contribution < 1.29 is 18.7 Å². The average molecular weight is 578 g/mol. The molecule has 0 aliphatic carbocycles. The Morgan fingerprint density at radius 3 is 2.49 bits per heavy atom. The van der Waals surface area contributed by atoms with Gasteiger partial charge in [0.05, 0.1) is 29.3 Å². The lowest BCUT2D eigenvalue weighted by atomic mass is 9.95. The Kier molecular flexibility index (Phi) is 9.11. The van der Waals surface area contributed by atoms with E-state index in [4.69, 9.17) is 9.84 Å². The van der Waals surface area contributed by atoms with Gasteiger partial charge in [-0.15, -0.1) is 5.10 Å². The van der Waals surface area contributed by atoms with Crippen LogP contribution in [0.5, 0.6) is 0 Å². The van der Waals surface area contributed by atoms with Crippen LogP contribution in [0.2, 0.25) is 18.6 Å². The zero-order valence-corrected chi connectivity index (χ0v) is 25.1. The number of anilines is 1. The number of hydrazone groups is 1. The molecule has 4 atom stereocenters. The number of carbonyl (C=O) groups excluding carboxylic acids is 1. The highest BCUT2D eigenvalue weighted by Gasteiger charge is 2.50. The Morgan fingerprint density at radius 1 is 1.02 bits per heavy atom. The second-order valence-electron chi connectivity index (χ2n) is 11.7. The highest BCUT2D eigenvalue weighted by atomic mass is 28.4. The van der Waals surface area contributed by atoms with Gasteiger partial charge in [0.1, 0.15) is 0 Å². The smallest absolute Gasteiger partial charge is 0.247 e. The lowest BCUT2D eigenvalue weighted by molar-refractivity contribution is -0.118. The van der Waals surface area contributed by atoms with Crippen molar-refractivity contribution >= 4 is 25.7 Å².